The second kappa shape index (κ2) is 4.31. The number of hydrogen-bond acceptors (Lipinski definition) is 2. The standard InChI is InChI=1S/C13H12O3/c14-12(15)8-10-6-7-11(13(10)16)9-4-2-1-3-5-9/h1-5,7,10H,6,8H2,(H,14,15). The van der Waals surface area contributed by atoms with Crippen LogP contribution in [-0.4, -0.2) is 16.9 Å². The van der Waals surface area contributed by atoms with Crippen LogP contribution in [0.4, 0.5) is 0 Å². The van der Waals surface area contributed by atoms with E-state index in [2.05, 4.69) is 0 Å². The molecule has 3 nitrogen and oxygen atoms in total. The highest BCUT2D eigenvalue weighted by Gasteiger charge is 2.29. The number of hydrogen-bond donors (Lipinski definition) is 1. The molecule has 0 aliphatic heterocycles. The van der Waals surface area contributed by atoms with Crippen LogP contribution >= 0.6 is 0 Å². The van der Waals surface area contributed by atoms with Crippen LogP contribution in [0.1, 0.15) is 18.4 Å². The molecule has 82 valence electrons. The minimum absolute atomic E-state index is 0.0476. The zero-order valence-corrected chi connectivity index (χ0v) is 8.72. The van der Waals surface area contributed by atoms with Gasteiger partial charge < -0.3 is 5.11 Å². The van der Waals surface area contributed by atoms with Crippen LogP contribution < -0.4 is 0 Å². The highest BCUT2D eigenvalue weighted by Crippen LogP contribution is 2.30. The number of ketones is 1. The van der Waals surface area contributed by atoms with Crippen molar-refractivity contribution in [1.82, 2.24) is 0 Å². The molecular weight excluding hydrogens is 204 g/mol. The van der Waals surface area contributed by atoms with Gasteiger partial charge in [0.15, 0.2) is 5.78 Å². The van der Waals surface area contributed by atoms with Crippen LogP contribution in [0.15, 0.2) is 36.4 Å². The van der Waals surface area contributed by atoms with Crippen molar-refractivity contribution in [3.63, 3.8) is 0 Å². The summed E-state index contributed by atoms with van der Waals surface area (Å²) in [6.45, 7) is 0. The quantitative estimate of drug-likeness (QED) is 0.842. The van der Waals surface area contributed by atoms with Crippen LogP contribution in [0.2, 0.25) is 0 Å². The van der Waals surface area contributed by atoms with Gasteiger partial charge in [-0.25, -0.2) is 0 Å². The summed E-state index contributed by atoms with van der Waals surface area (Å²) in [6, 6.07) is 9.36. The van der Waals surface area contributed by atoms with Gasteiger partial charge in [-0.3, -0.25) is 9.59 Å². The van der Waals surface area contributed by atoms with Gasteiger partial charge in [-0.15, -0.1) is 0 Å². The van der Waals surface area contributed by atoms with Gasteiger partial charge in [0.05, 0.1) is 6.42 Å². The Morgan fingerprint density at radius 1 is 1.31 bits per heavy atom. The van der Waals surface area contributed by atoms with Gasteiger partial charge in [0.25, 0.3) is 0 Å². The van der Waals surface area contributed by atoms with Crippen LogP contribution in [0, 0.1) is 5.92 Å². The SMILES string of the molecule is O=C(O)CC1CC=C(c2ccccc2)C1=O. The average Bonchev–Trinajstić information content (AvgIpc) is 2.61. The smallest absolute Gasteiger partial charge is 0.304 e. The number of carboxylic acid groups (broad SMARTS) is 1. The van der Waals surface area contributed by atoms with Gasteiger partial charge in [-0.1, -0.05) is 36.4 Å². The fraction of sp³-hybridized carbons (Fsp3) is 0.231. The van der Waals surface area contributed by atoms with E-state index in [1.165, 1.54) is 0 Å². The minimum atomic E-state index is -0.916. The lowest BCUT2D eigenvalue weighted by atomic mass is 9.97. The third-order valence-electron chi connectivity index (χ3n) is 2.75. The first-order chi connectivity index (χ1) is 7.68. The predicted molar refractivity (Wildman–Crippen MR) is 59.8 cm³/mol. The Labute approximate surface area is 93.4 Å². The first-order valence-electron chi connectivity index (χ1n) is 5.20. The van der Waals surface area contributed by atoms with E-state index in [1.807, 2.05) is 36.4 Å². The molecule has 0 fully saturated rings. The topological polar surface area (TPSA) is 54.4 Å². The summed E-state index contributed by atoms with van der Waals surface area (Å²) in [5, 5.41) is 8.67. The number of aliphatic carboxylic acids is 1. The average molecular weight is 216 g/mol. The van der Waals surface area contributed by atoms with E-state index >= 15 is 0 Å². The minimum Gasteiger partial charge on any atom is -0.481 e. The van der Waals surface area contributed by atoms with E-state index in [1.54, 1.807) is 0 Å². The number of Topliss-reactive ketones (excluding diaryl/α,β-unsaturated/α-hetero) is 1. The third-order valence-corrected chi connectivity index (χ3v) is 2.75. The molecular formula is C13H12O3. The molecule has 0 bridgehead atoms. The number of rotatable bonds is 3. The van der Waals surface area contributed by atoms with Crippen molar-refractivity contribution >= 4 is 17.3 Å². The molecule has 2 rings (SSSR count). The maximum atomic E-state index is 11.9. The summed E-state index contributed by atoms with van der Waals surface area (Å²) in [7, 11) is 0. The van der Waals surface area contributed by atoms with Crippen LogP contribution in [0.5, 0.6) is 0 Å². The molecule has 0 saturated carbocycles. The molecule has 0 radical (unpaired) electrons. The van der Waals surface area contributed by atoms with Crippen LogP contribution in [-0.2, 0) is 9.59 Å². The lowest BCUT2D eigenvalue weighted by Crippen LogP contribution is -2.14. The predicted octanol–water partition coefficient (Wildman–Crippen LogP) is 2.13. The van der Waals surface area contributed by atoms with E-state index in [4.69, 9.17) is 5.11 Å². The van der Waals surface area contributed by atoms with E-state index < -0.39 is 5.97 Å². The normalized spacial score (nSPS) is 19.6. The molecule has 1 aliphatic carbocycles. The first kappa shape index (κ1) is 10.6. The van der Waals surface area contributed by atoms with Crippen molar-refractivity contribution < 1.29 is 14.7 Å². The zero-order chi connectivity index (χ0) is 11.5. The highest BCUT2D eigenvalue weighted by atomic mass is 16.4. The molecule has 0 aromatic heterocycles. The summed E-state index contributed by atoms with van der Waals surface area (Å²) >= 11 is 0. The molecule has 1 atom stereocenters. The van der Waals surface area contributed by atoms with Gasteiger partial charge in [-0.05, 0) is 12.0 Å². The molecule has 0 heterocycles. The number of carbonyl (C=O) groups is 2. The van der Waals surface area contributed by atoms with Gasteiger partial charge in [0.1, 0.15) is 0 Å². The van der Waals surface area contributed by atoms with Crippen molar-refractivity contribution in [2.24, 2.45) is 5.92 Å². The third kappa shape index (κ3) is 2.03. The summed E-state index contributed by atoms with van der Waals surface area (Å²) in [5.74, 6) is -1.35. The summed E-state index contributed by atoms with van der Waals surface area (Å²) in [6.07, 6.45) is 2.30. The Morgan fingerprint density at radius 3 is 2.62 bits per heavy atom. The fourth-order valence-electron chi connectivity index (χ4n) is 1.95. The molecule has 1 aromatic rings. The maximum absolute atomic E-state index is 11.9. The number of benzene rings is 1. The largest absolute Gasteiger partial charge is 0.481 e. The van der Waals surface area contributed by atoms with Gasteiger partial charge >= 0.3 is 5.97 Å². The summed E-state index contributed by atoms with van der Waals surface area (Å²) in [4.78, 5) is 22.5. The highest BCUT2D eigenvalue weighted by molar-refractivity contribution is 6.24. The second-order valence-corrected chi connectivity index (χ2v) is 3.88. The van der Waals surface area contributed by atoms with Gasteiger partial charge in [0.2, 0.25) is 0 Å². The summed E-state index contributed by atoms with van der Waals surface area (Å²) in [5.41, 5.74) is 1.53. The lowest BCUT2D eigenvalue weighted by molar-refractivity contribution is -0.139. The zero-order valence-electron chi connectivity index (χ0n) is 8.72. The monoisotopic (exact) mass is 216 g/mol. The van der Waals surface area contributed by atoms with E-state index in [-0.39, 0.29) is 18.1 Å². The second-order valence-electron chi connectivity index (χ2n) is 3.88. The Kier molecular flexibility index (Phi) is 2.86. The molecule has 1 aromatic carbocycles. The Bertz CT molecular complexity index is 446. The Hall–Kier alpha value is -1.90. The molecule has 1 N–H and O–H groups in total. The van der Waals surface area contributed by atoms with Crippen molar-refractivity contribution in [2.75, 3.05) is 0 Å². The Balaban J connectivity index is 2.16. The number of allylic oxidation sites excluding steroid dienone is 2. The molecule has 3 heteroatoms. The van der Waals surface area contributed by atoms with Crippen molar-refractivity contribution in [2.45, 2.75) is 12.8 Å². The molecule has 1 aliphatic rings. The van der Waals surface area contributed by atoms with Gasteiger partial charge in [-0.2, -0.15) is 0 Å². The molecule has 16 heavy (non-hydrogen) atoms. The lowest BCUT2D eigenvalue weighted by Gasteiger charge is -2.06. The fourth-order valence-corrected chi connectivity index (χ4v) is 1.95. The molecule has 0 saturated heterocycles. The van der Waals surface area contributed by atoms with Crippen molar-refractivity contribution in [3.8, 4) is 0 Å². The van der Waals surface area contributed by atoms with E-state index in [9.17, 15) is 9.59 Å². The van der Waals surface area contributed by atoms with Crippen LogP contribution in [0.25, 0.3) is 5.57 Å². The van der Waals surface area contributed by atoms with Crippen LogP contribution in [0.3, 0.4) is 0 Å². The Morgan fingerprint density at radius 2 is 2.00 bits per heavy atom. The van der Waals surface area contributed by atoms with Crippen molar-refractivity contribution in [1.29, 1.82) is 0 Å². The molecule has 1 unspecified atom stereocenters. The summed E-state index contributed by atoms with van der Waals surface area (Å²) < 4.78 is 0. The van der Waals surface area contributed by atoms with E-state index in [0.29, 0.717) is 12.0 Å². The number of carbonyl (C=O) groups excluding carboxylic acids is 1. The maximum Gasteiger partial charge on any atom is 0.304 e. The van der Waals surface area contributed by atoms with Crippen molar-refractivity contribution in [3.05, 3.63) is 42.0 Å². The molecule has 0 amide bonds. The van der Waals surface area contributed by atoms with E-state index in [0.717, 1.165) is 5.56 Å². The first-order valence-corrected chi connectivity index (χ1v) is 5.20. The van der Waals surface area contributed by atoms with Gasteiger partial charge in [0, 0.05) is 11.5 Å². The number of carboxylic acids is 1. The molecule has 0 spiro atoms.